The van der Waals surface area contributed by atoms with Gasteiger partial charge in [-0.1, -0.05) is 0 Å². The summed E-state index contributed by atoms with van der Waals surface area (Å²) < 4.78 is 23.9. The Morgan fingerprint density at radius 1 is 1.31 bits per heavy atom. The number of rotatable bonds is 7. The highest BCUT2D eigenvalue weighted by Crippen LogP contribution is 1.89. The molecule has 0 spiro atoms. The third kappa shape index (κ3) is 7.61. The molecule has 0 saturated heterocycles. The predicted molar refractivity (Wildman–Crippen MR) is 63.6 cm³/mol. The second kappa shape index (κ2) is 6.82. The van der Waals surface area contributed by atoms with Crippen LogP contribution in [0.2, 0.25) is 0 Å². The Kier molecular flexibility index (Phi) is 6.54. The fourth-order valence-corrected chi connectivity index (χ4v) is 1.65. The standard InChI is InChI=1S/C9H21N3O3S/c1-8(9(13)12(2)3)10-6-5-7-11-16(4,14)15/h8,10-11H,5-7H2,1-4H3. The van der Waals surface area contributed by atoms with E-state index < -0.39 is 10.0 Å². The number of carbonyl (C=O) groups excluding carboxylic acids is 1. The Balaban J connectivity index is 3.64. The largest absolute Gasteiger partial charge is 0.347 e. The zero-order valence-electron chi connectivity index (χ0n) is 10.3. The minimum absolute atomic E-state index is 0.0103. The molecule has 7 heteroatoms. The van der Waals surface area contributed by atoms with Crippen molar-refractivity contribution >= 4 is 15.9 Å². The molecule has 0 radical (unpaired) electrons. The normalized spacial score (nSPS) is 13.5. The number of nitrogens with one attached hydrogen (secondary N) is 2. The number of likely N-dealkylation sites (N-methyl/N-ethyl adjacent to an activating group) is 1. The number of hydrogen-bond acceptors (Lipinski definition) is 4. The highest BCUT2D eigenvalue weighted by Gasteiger charge is 2.13. The molecular formula is C9H21N3O3S. The Morgan fingerprint density at radius 2 is 1.88 bits per heavy atom. The van der Waals surface area contributed by atoms with Gasteiger partial charge in [0.25, 0.3) is 0 Å². The van der Waals surface area contributed by atoms with Crippen molar-refractivity contribution in [2.75, 3.05) is 33.4 Å². The quantitative estimate of drug-likeness (QED) is 0.568. The first-order valence-corrected chi connectivity index (χ1v) is 7.02. The van der Waals surface area contributed by atoms with E-state index in [2.05, 4.69) is 10.0 Å². The molecule has 0 heterocycles. The van der Waals surface area contributed by atoms with Crippen LogP contribution in [0.1, 0.15) is 13.3 Å². The summed E-state index contributed by atoms with van der Waals surface area (Å²) in [6.07, 6.45) is 1.77. The molecule has 1 amide bonds. The van der Waals surface area contributed by atoms with E-state index in [1.54, 1.807) is 21.0 Å². The Morgan fingerprint density at radius 3 is 2.31 bits per heavy atom. The van der Waals surface area contributed by atoms with Gasteiger partial charge in [-0.15, -0.1) is 0 Å². The molecule has 0 aromatic rings. The van der Waals surface area contributed by atoms with E-state index in [1.807, 2.05) is 0 Å². The van der Waals surface area contributed by atoms with Crippen LogP contribution in [0.3, 0.4) is 0 Å². The van der Waals surface area contributed by atoms with Gasteiger partial charge in [-0.3, -0.25) is 4.79 Å². The van der Waals surface area contributed by atoms with E-state index in [-0.39, 0.29) is 11.9 Å². The lowest BCUT2D eigenvalue weighted by Gasteiger charge is -2.17. The van der Waals surface area contributed by atoms with Gasteiger partial charge in [0.15, 0.2) is 0 Å². The minimum atomic E-state index is -3.11. The van der Waals surface area contributed by atoms with Crippen molar-refractivity contribution < 1.29 is 13.2 Å². The first-order valence-electron chi connectivity index (χ1n) is 5.13. The van der Waals surface area contributed by atoms with E-state index >= 15 is 0 Å². The van der Waals surface area contributed by atoms with Crippen LogP contribution in [0.5, 0.6) is 0 Å². The topological polar surface area (TPSA) is 78.5 Å². The van der Waals surface area contributed by atoms with Crippen LogP contribution >= 0.6 is 0 Å². The van der Waals surface area contributed by atoms with Crippen molar-refractivity contribution in [2.45, 2.75) is 19.4 Å². The van der Waals surface area contributed by atoms with Crippen LogP contribution in [0.25, 0.3) is 0 Å². The first-order chi connectivity index (χ1) is 7.24. The number of nitrogens with zero attached hydrogens (tertiary/aromatic N) is 1. The van der Waals surface area contributed by atoms with Crippen LogP contribution in [0.4, 0.5) is 0 Å². The third-order valence-electron chi connectivity index (χ3n) is 1.98. The summed E-state index contributed by atoms with van der Waals surface area (Å²) in [6.45, 7) is 2.77. The molecule has 2 N–H and O–H groups in total. The van der Waals surface area contributed by atoms with Crippen LogP contribution in [0, 0.1) is 0 Å². The summed E-state index contributed by atoms with van der Waals surface area (Å²) in [6, 6.07) is -0.242. The Bertz CT molecular complexity index is 314. The molecule has 0 bridgehead atoms. The number of sulfonamides is 1. The van der Waals surface area contributed by atoms with Gasteiger partial charge in [0.05, 0.1) is 12.3 Å². The van der Waals surface area contributed by atoms with Crippen molar-refractivity contribution in [3.8, 4) is 0 Å². The predicted octanol–water partition coefficient (Wildman–Crippen LogP) is -1.01. The summed E-state index contributed by atoms with van der Waals surface area (Å²) in [4.78, 5) is 12.9. The molecule has 0 aliphatic rings. The van der Waals surface area contributed by atoms with Gasteiger partial charge in [0.2, 0.25) is 15.9 Å². The van der Waals surface area contributed by atoms with Crippen LogP contribution in [-0.2, 0) is 14.8 Å². The maximum absolute atomic E-state index is 11.4. The maximum Gasteiger partial charge on any atom is 0.238 e. The van der Waals surface area contributed by atoms with Crippen molar-refractivity contribution in [1.29, 1.82) is 0 Å². The van der Waals surface area contributed by atoms with E-state index in [4.69, 9.17) is 0 Å². The Labute approximate surface area is 97.4 Å². The lowest BCUT2D eigenvalue weighted by Crippen LogP contribution is -2.42. The summed E-state index contributed by atoms with van der Waals surface area (Å²) in [5.41, 5.74) is 0. The first kappa shape index (κ1) is 15.3. The molecular weight excluding hydrogens is 230 g/mol. The van der Waals surface area contributed by atoms with Crippen molar-refractivity contribution in [3.63, 3.8) is 0 Å². The zero-order valence-corrected chi connectivity index (χ0v) is 11.1. The van der Waals surface area contributed by atoms with Gasteiger partial charge in [-0.25, -0.2) is 13.1 Å². The smallest absolute Gasteiger partial charge is 0.238 e. The van der Waals surface area contributed by atoms with Gasteiger partial charge in [-0.2, -0.15) is 0 Å². The molecule has 0 aromatic carbocycles. The van der Waals surface area contributed by atoms with Gasteiger partial charge in [0, 0.05) is 20.6 Å². The van der Waals surface area contributed by atoms with E-state index in [0.29, 0.717) is 19.5 Å². The highest BCUT2D eigenvalue weighted by atomic mass is 32.2. The molecule has 0 aliphatic heterocycles. The fraction of sp³-hybridized carbons (Fsp3) is 0.889. The molecule has 0 aromatic heterocycles. The summed E-state index contributed by atoms with van der Waals surface area (Å²) in [7, 11) is 0.293. The molecule has 1 atom stereocenters. The molecule has 0 aliphatic carbocycles. The SMILES string of the molecule is CC(NCCCNS(C)(=O)=O)C(=O)N(C)C. The molecule has 0 fully saturated rings. The molecule has 0 rings (SSSR count). The minimum Gasteiger partial charge on any atom is -0.347 e. The van der Waals surface area contributed by atoms with Crippen molar-refractivity contribution in [1.82, 2.24) is 14.9 Å². The fourth-order valence-electron chi connectivity index (χ4n) is 1.14. The summed E-state index contributed by atoms with van der Waals surface area (Å²) in [5.74, 6) is 0.0103. The van der Waals surface area contributed by atoms with Crippen LogP contribution < -0.4 is 10.0 Å². The van der Waals surface area contributed by atoms with E-state index in [1.165, 1.54) is 4.90 Å². The van der Waals surface area contributed by atoms with Crippen LogP contribution in [0.15, 0.2) is 0 Å². The molecule has 0 saturated carbocycles. The second-order valence-corrected chi connectivity index (χ2v) is 5.76. The zero-order chi connectivity index (χ0) is 12.8. The molecule has 1 unspecified atom stereocenters. The monoisotopic (exact) mass is 251 g/mol. The maximum atomic E-state index is 11.4. The lowest BCUT2D eigenvalue weighted by atomic mass is 10.3. The van der Waals surface area contributed by atoms with Gasteiger partial charge < -0.3 is 10.2 Å². The van der Waals surface area contributed by atoms with Gasteiger partial charge >= 0.3 is 0 Å². The number of carbonyl (C=O) groups is 1. The summed E-state index contributed by atoms with van der Waals surface area (Å²) >= 11 is 0. The second-order valence-electron chi connectivity index (χ2n) is 3.93. The average molecular weight is 251 g/mol. The van der Waals surface area contributed by atoms with Crippen molar-refractivity contribution in [2.24, 2.45) is 0 Å². The van der Waals surface area contributed by atoms with Crippen molar-refractivity contribution in [3.05, 3.63) is 0 Å². The van der Waals surface area contributed by atoms with Gasteiger partial charge in [0.1, 0.15) is 0 Å². The van der Waals surface area contributed by atoms with Crippen LogP contribution in [-0.4, -0.2) is 58.7 Å². The highest BCUT2D eigenvalue weighted by molar-refractivity contribution is 7.88. The number of amides is 1. The summed E-state index contributed by atoms with van der Waals surface area (Å²) in [5, 5.41) is 3.02. The molecule has 96 valence electrons. The van der Waals surface area contributed by atoms with Gasteiger partial charge in [-0.05, 0) is 19.9 Å². The molecule has 16 heavy (non-hydrogen) atoms. The average Bonchev–Trinajstić information content (AvgIpc) is 2.13. The third-order valence-corrected chi connectivity index (χ3v) is 2.71. The van der Waals surface area contributed by atoms with E-state index in [0.717, 1.165) is 6.26 Å². The van der Waals surface area contributed by atoms with E-state index in [9.17, 15) is 13.2 Å². The Hall–Kier alpha value is -0.660. The number of hydrogen-bond donors (Lipinski definition) is 2. The molecule has 6 nitrogen and oxygen atoms in total. The lowest BCUT2D eigenvalue weighted by molar-refractivity contribution is -0.130.